The molecule has 1 amide bonds. The van der Waals surface area contributed by atoms with Gasteiger partial charge in [0.2, 0.25) is 11.7 Å². The van der Waals surface area contributed by atoms with E-state index in [0.717, 1.165) is 61.1 Å². The lowest BCUT2D eigenvalue weighted by Gasteiger charge is -2.19. The predicted molar refractivity (Wildman–Crippen MR) is 138 cm³/mol. The molecule has 1 unspecified atom stereocenters. The van der Waals surface area contributed by atoms with Gasteiger partial charge in [-0.2, -0.15) is 0 Å². The maximum absolute atomic E-state index is 12.4. The van der Waals surface area contributed by atoms with Gasteiger partial charge in [-0.25, -0.2) is 0 Å². The van der Waals surface area contributed by atoms with Crippen molar-refractivity contribution in [1.82, 2.24) is 25.0 Å². The minimum Gasteiger partial charge on any atom is -0.461 e. The van der Waals surface area contributed by atoms with Crippen LogP contribution in [-0.2, 0) is 4.79 Å². The van der Waals surface area contributed by atoms with Gasteiger partial charge in [0.1, 0.15) is 0 Å². The van der Waals surface area contributed by atoms with E-state index in [1.807, 2.05) is 28.8 Å². The van der Waals surface area contributed by atoms with E-state index in [9.17, 15) is 4.79 Å². The quantitative estimate of drug-likeness (QED) is 0.247. The van der Waals surface area contributed by atoms with E-state index in [1.165, 1.54) is 0 Å². The summed E-state index contributed by atoms with van der Waals surface area (Å²) >= 11 is 1.61. The Morgan fingerprint density at radius 1 is 1.18 bits per heavy atom. The van der Waals surface area contributed by atoms with E-state index in [0.29, 0.717) is 18.0 Å². The zero-order valence-corrected chi connectivity index (χ0v) is 21.6. The number of furan rings is 1. The van der Waals surface area contributed by atoms with E-state index in [4.69, 9.17) is 4.42 Å². The molecule has 184 valence electrons. The van der Waals surface area contributed by atoms with Gasteiger partial charge in [-0.3, -0.25) is 9.36 Å². The van der Waals surface area contributed by atoms with Crippen molar-refractivity contribution in [1.29, 1.82) is 0 Å². The number of hydrogen-bond donors (Lipinski definition) is 1. The van der Waals surface area contributed by atoms with Crippen molar-refractivity contribution in [2.45, 2.75) is 64.6 Å². The average molecular weight is 484 g/mol. The molecule has 0 fully saturated rings. The third kappa shape index (κ3) is 7.46. The van der Waals surface area contributed by atoms with E-state index in [2.05, 4.69) is 60.2 Å². The van der Waals surface area contributed by atoms with Crippen molar-refractivity contribution in [2.75, 3.05) is 25.4 Å². The minimum absolute atomic E-state index is 0.118. The van der Waals surface area contributed by atoms with Gasteiger partial charge >= 0.3 is 0 Å². The Bertz CT molecular complexity index is 1010. The first-order chi connectivity index (χ1) is 16.5. The van der Waals surface area contributed by atoms with Crippen LogP contribution < -0.4 is 5.32 Å². The van der Waals surface area contributed by atoms with Crippen LogP contribution >= 0.6 is 11.8 Å². The van der Waals surface area contributed by atoms with Crippen molar-refractivity contribution >= 4 is 17.7 Å². The molecule has 0 spiro atoms. The number of aryl methyl sites for hydroxylation is 1. The van der Waals surface area contributed by atoms with Crippen molar-refractivity contribution in [3.63, 3.8) is 0 Å². The van der Waals surface area contributed by atoms with Crippen LogP contribution in [0.4, 0.5) is 0 Å². The van der Waals surface area contributed by atoms with Crippen molar-refractivity contribution in [3.8, 4) is 17.3 Å². The molecule has 0 aliphatic rings. The van der Waals surface area contributed by atoms with Crippen LogP contribution in [0.2, 0.25) is 0 Å². The van der Waals surface area contributed by atoms with Gasteiger partial charge in [-0.15, -0.1) is 10.2 Å². The summed E-state index contributed by atoms with van der Waals surface area (Å²) in [4.78, 5) is 14.8. The summed E-state index contributed by atoms with van der Waals surface area (Å²) in [6.07, 6.45) is 5.04. The lowest BCUT2D eigenvalue weighted by molar-refractivity contribution is -0.121. The first-order valence-electron chi connectivity index (χ1n) is 12.2. The number of amides is 1. The molecule has 0 aliphatic heterocycles. The molecule has 1 atom stereocenters. The maximum atomic E-state index is 12.4. The molecule has 2 aromatic heterocycles. The summed E-state index contributed by atoms with van der Waals surface area (Å²) in [7, 11) is 0. The number of nitrogens with zero attached hydrogens (tertiary/aromatic N) is 4. The summed E-state index contributed by atoms with van der Waals surface area (Å²) < 4.78 is 7.61. The van der Waals surface area contributed by atoms with Crippen molar-refractivity contribution in [2.24, 2.45) is 0 Å². The van der Waals surface area contributed by atoms with Crippen LogP contribution in [0.25, 0.3) is 17.3 Å². The largest absolute Gasteiger partial charge is 0.461 e. The molecule has 1 aromatic carbocycles. The van der Waals surface area contributed by atoms with E-state index < -0.39 is 0 Å². The summed E-state index contributed by atoms with van der Waals surface area (Å²) in [5, 5.41) is 12.7. The highest BCUT2D eigenvalue weighted by atomic mass is 32.2. The second-order valence-corrected chi connectivity index (χ2v) is 9.61. The lowest BCUT2D eigenvalue weighted by Crippen LogP contribution is -2.33. The van der Waals surface area contributed by atoms with Gasteiger partial charge in [0.25, 0.3) is 0 Å². The van der Waals surface area contributed by atoms with Crippen LogP contribution in [0, 0.1) is 6.92 Å². The number of carbonyl (C=O) groups is 1. The topological polar surface area (TPSA) is 76.2 Å². The summed E-state index contributed by atoms with van der Waals surface area (Å²) in [5.74, 6) is 2.25. The van der Waals surface area contributed by atoms with Gasteiger partial charge in [0.05, 0.1) is 12.0 Å². The Balaban J connectivity index is 1.51. The standard InChI is InChI=1S/C26H37N5O2S/c1-5-30(6-2)16-8-12-21(4)27-24(32)15-10-18-34-26-29-28-25(23-14-9-17-33-23)31(26)22-13-7-11-20(3)19-22/h7,9,11,13-14,17,19,21H,5-6,8,10,12,15-16,18H2,1-4H3,(H,27,32). The van der Waals surface area contributed by atoms with E-state index >= 15 is 0 Å². The van der Waals surface area contributed by atoms with Crippen molar-refractivity contribution in [3.05, 3.63) is 48.2 Å². The SMILES string of the molecule is CCN(CC)CCCC(C)NC(=O)CCCSc1nnc(-c2ccco2)n1-c1cccc(C)c1. The molecule has 0 radical (unpaired) electrons. The molecule has 0 saturated heterocycles. The van der Waals surface area contributed by atoms with Crippen LogP contribution in [0.15, 0.2) is 52.2 Å². The predicted octanol–water partition coefficient (Wildman–Crippen LogP) is 5.33. The minimum atomic E-state index is 0.118. The zero-order valence-electron chi connectivity index (χ0n) is 20.8. The molecule has 0 bridgehead atoms. The van der Waals surface area contributed by atoms with Gasteiger partial charge in [0.15, 0.2) is 10.9 Å². The monoisotopic (exact) mass is 483 g/mol. The first-order valence-corrected chi connectivity index (χ1v) is 13.2. The smallest absolute Gasteiger partial charge is 0.220 e. The molecule has 3 aromatic rings. The average Bonchev–Trinajstić information content (AvgIpc) is 3.49. The van der Waals surface area contributed by atoms with Crippen LogP contribution in [0.5, 0.6) is 0 Å². The Labute approximate surface area is 207 Å². The number of benzene rings is 1. The second-order valence-electron chi connectivity index (χ2n) is 8.55. The highest BCUT2D eigenvalue weighted by Crippen LogP contribution is 2.29. The summed E-state index contributed by atoms with van der Waals surface area (Å²) in [6, 6.07) is 12.2. The normalized spacial score (nSPS) is 12.3. The van der Waals surface area contributed by atoms with Crippen molar-refractivity contribution < 1.29 is 9.21 Å². The van der Waals surface area contributed by atoms with Gasteiger partial charge in [-0.1, -0.05) is 37.7 Å². The first kappa shape index (κ1) is 26.0. The van der Waals surface area contributed by atoms with E-state index in [1.54, 1.807) is 18.0 Å². The fourth-order valence-electron chi connectivity index (χ4n) is 3.90. The number of hydrogen-bond acceptors (Lipinski definition) is 6. The number of rotatable bonds is 14. The summed E-state index contributed by atoms with van der Waals surface area (Å²) in [6.45, 7) is 11.8. The maximum Gasteiger partial charge on any atom is 0.220 e. The fourth-order valence-corrected chi connectivity index (χ4v) is 4.80. The Kier molecular flexibility index (Phi) is 10.2. The van der Waals surface area contributed by atoms with E-state index in [-0.39, 0.29) is 11.9 Å². The third-order valence-corrected chi connectivity index (χ3v) is 6.84. The summed E-state index contributed by atoms with van der Waals surface area (Å²) in [5.41, 5.74) is 2.16. The molecule has 2 heterocycles. The highest BCUT2D eigenvalue weighted by molar-refractivity contribution is 7.99. The molecule has 34 heavy (non-hydrogen) atoms. The fraction of sp³-hybridized carbons (Fsp3) is 0.500. The van der Waals surface area contributed by atoms with Gasteiger partial charge in [0, 0.05) is 18.2 Å². The zero-order chi connectivity index (χ0) is 24.3. The number of aromatic nitrogens is 3. The molecular formula is C26H37N5O2S. The molecule has 7 nitrogen and oxygen atoms in total. The number of carbonyl (C=O) groups excluding carboxylic acids is 1. The van der Waals surface area contributed by atoms with Crippen LogP contribution in [0.3, 0.4) is 0 Å². The van der Waals surface area contributed by atoms with Gasteiger partial charge < -0.3 is 14.6 Å². The van der Waals surface area contributed by atoms with Crippen LogP contribution in [0.1, 0.15) is 52.0 Å². The Hall–Kier alpha value is -2.58. The molecule has 0 saturated carbocycles. The molecule has 3 rings (SSSR count). The molecule has 0 aliphatic carbocycles. The lowest BCUT2D eigenvalue weighted by atomic mass is 10.1. The third-order valence-electron chi connectivity index (χ3n) is 5.83. The van der Waals surface area contributed by atoms with Gasteiger partial charge in [-0.05, 0) is 82.6 Å². The molecule has 1 N–H and O–H groups in total. The number of thioether (sulfide) groups is 1. The Morgan fingerprint density at radius 2 is 2.00 bits per heavy atom. The number of nitrogens with one attached hydrogen (secondary N) is 1. The second kappa shape index (κ2) is 13.3. The molecule has 8 heteroatoms. The molecular weight excluding hydrogens is 446 g/mol. The Morgan fingerprint density at radius 3 is 2.71 bits per heavy atom. The highest BCUT2D eigenvalue weighted by Gasteiger charge is 2.18. The van der Waals surface area contributed by atoms with Crippen LogP contribution in [-0.4, -0.2) is 57.0 Å².